The zero-order valence-corrected chi connectivity index (χ0v) is 17.2. The van der Waals surface area contributed by atoms with Crippen molar-refractivity contribution in [3.05, 3.63) is 71.8 Å². The van der Waals surface area contributed by atoms with Crippen LogP contribution in [0.15, 0.2) is 60.7 Å². The molecule has 0 N–H and O–H groups in total. The summed E-state index contributed by atoms with van der Waals surface area (Å²) in [6, 6.07) is 21.0. The Bertz CT molecular complexity index is 933. The number of piperidine rings is 2. The highest BCUT2D eigenvalue weighted by Crippen LogP contribution is 2.77. The second kappa shape index (κ2) is 5.50. The molecule has 2 aromatic rings. The minimum Gasteiger partial charge on any atom is -0.461 e. The summed E-state index contributed by atoms with van der Waals surface area (Å²) in [7, 11) is 4.65. The zero-order valence-electron chi connectivity index (χ0n) is 17.2. The third-order valence-electron chi connectivity index (χ3n) is 8.42. The van der Waals surface area contributed by atoms with E-state index in [-0.39, 0.29) is 17.7 Å². The Hall–Kier alpha value is -2.17. The molecule has 3 aliphatic heterocycles. The van der Waals surface area contributed by atoms with Gasteiger partial charge < -0.3 is 14.0 Å². The number of esters is 1. The monoisotopic (exact) mass is 390 g/mol. The van der Waals surface area contributed by atoms with E-state index in [0.717, 1.165) is 28.5 Å². The number of rotatable bonds is 4. The lowest BCUT2D eigenvalue weighted by atomic mass is 9.76. The molecule has 1 aliphatic carbocycles. The van der Waals surface area contributed by atoms with E-state index in [1.165, 1.54) is 0 Å². The molecular formula is C25H28NO3+. The zero-order chi connectivity index (χ0) is 20.0. The summed E-state index contributed by atoms with van der Waals surface area (Å²) in [5, 5.41) is 0. The van der Waals surface area contributed by atoms with Crippen LogP contribution < -0.4 is 0 Å². The fourth-order valence-corrected chi connectivity index (χ4v) is 6.60. The van der Waals surface area contributed by atoms with E-state index in [0.29, 0.717) is 24.1 Å². The van der Waals surface area contributed by atoms with Crippen molar-refractivity contribution in [3.63, 3.8) is 0 Å². The molecule has 6 atom stereocenters. The molecular weight excluding hydrogens is 362 g/mol. The number of epoxide rings is 1. The van der Waals surface area contributed by atoms with Crippen molar-refractivity contribution < 1.29 is 18.8 Å². The van der Waals surface area contributed by atoms with E-state index < -0.39 is 5.41 Å². The van der Waals surface area contributed by atoms with Crippen LogP contribution >= 0.6 is 0 Å². The SMILES string of the molecule is CC(C(=O)O[C@H]1CC2C3C4O[C@@]43[C@H](C1)[N+]2(C)C)(c1ccccc1)c1ccccc1. The Morgan fingerprint density at radius 2 is 1.62 bits per heavy atom. The third kappa shape index (κ3) is 2.14. The van der Waals surface area contributed by atoms with Crippen molar-refractivity contribution in [2.75, 3.05) is 14.1 Å². The van der Waals surface area contributed by atoms with Crippen molar-refractivity contribution >= 4 is 5.97 Å². The molecule has 29 heavy (non-hydrogen) atoms. The standard InChI is InChI=1S/C25H28NO3/c1-24(16-10-6-4-7-11-16,17-12-8-5-9-13-17)23(27)28-18-14-19-21-22-25(21,29-22)20(15-18)26(19,2)3/h4-13,18-22H,14-15H2,1-3H3/q+1/t18-,19?,20-,21?,22?,25+/m0/s1. The molecule has 0 amide bonds. The number of ether oxygens (including phenoxy) is 2. The van der Waals surface area contributed by atoms with Gasteiger partial charge in [-0.05, 0) is 18.1 Å². The van der Waals surface area contributed by atoms with Crippen molar-refractivity contribution in [1.29, 1.82) is 0 Å². The summed E-state index contributed by atoms with van der Waals surface area (Å²) in [6.45, 7) is 1.99. The molecule has 4 heteroatoms. The fourth-order valence-electron chi connectivity index (χ4n) is 6.60. The molecule has 4 nitrogen and oxygen atoms in total. The first-order valence-electron chi connectivity index (χ1n) is 10.7. The summed E-state index contributed by atoms with van der Waals surface area (Å²) < 4.78 is 13.3. The Kier molecular flexibility index (Phi) is 3.35. The van der Waals surface area contributed by atoms with Crippen LogP contribution in [0.1, 0.15) is 30.9 Å². The minimum atomic E-state index is -0.816. The van der Waals surface area contributed by atoms with E-state index in [4.69, 9.17) is 9.47 Å². The highest BCUT2D eigenvalue weighted by Gasteiger charge is 2.97. The van der Waals surface area contributed by atoms with Gasteiger partial charge in [-0.15, -0.1) is 0 Å². The molecule has 2 aromatic carbocycles. The number of quaternary nitrogens is 1. The lowest BCUT2D eigenvalue weighted by Crippen LogP contribution is -2.60. The molecule has 1 saturated carbocycles. The van der Waals surface area contributed by atoms with Gasteiger partial charge in [0.15, 0.2) is 5.60 Å². The normalized spacial score (nSPS) is 38.0. The quantitative estimate of drug-likeness (QED) is 0.457. The summed E-state index contributed by atoms with van der Waals surface area (Å²) >= 11 is 0. The summed E-state index contributed by atoms with van der Waals surface area (Å²) in [5.41, 5.74) is 1.25. The van der Waals surface area contributed by atoms with Crippen LogP contribution in [0.2, 0.25) is 0 Å². The lowest BCUT2D eigenvalue weighted by Gasteiger charge is -2.45. The topological polar surface area (TPSA) is 38.8 Å². The van der Waals surface area contributed by atoms with Gasteiger partial charge in [-0.1, -0.05) is 60.7 Å². The number of hydrogen-bond donors (Lipinski definition) is 0. The van der Waals surface area contributed by atoms with Crippen molar-refractivity contribution in [2.24, 2.45) is 5.92 Å². The number of hydrogen-bond acceptors (Lipinski definition) is 3. The van der Waals surface area contributed by atoms with Gasteiger partial charge in [0.25, 0.3) is 0 Å². The van der Waals surface area contributed by atoms with Crippen LogP contribution in [0, 0.1) is 5.92 Å². The molecule has 4 fully saturated rings. The number of likely N-dealkylation sites (N-methyl/N-ethyl adjacent to an activating group) is 1. The number of carbonyl (C=O) groups excluding carboxylic acids is 1. The van der Waals surface area contributed by atoms with Crippen molar-refractivity contribution in [2.45, 2.75) is 55.1 Å². The van der Waals surface area contributed by atoms with Crippen LogP contribution in [0.3, 0.4) is 0 Å². The summed E-state index contributed by atoms with van der Waals surface area (Å²) in [4.78, 5) is 13.7. The lowest BCUT2D eigenvalue weighted by molar-refractivity contribution is -0.936. The van der Waals surface area contributed by atoms with Crippen LogP contribution in [0.5, 0.6) is 0 Å². The van der Waals surface area contributed by atoms with Gasteiger partial charge in [0.2, 0.25) is 0 Å². The average molecular weight is 391 g/mol. The average Bonchev–Trinajstić information content (AvgIpc) is 3.60. The molecule has 4 aliphatic rings. The van der Waals surface area contributed by atoms with Crippen LogP contribution in [-0.4, -0.2) is 54.4 Å². The summed E-state index contributed by atoms with van der Waals surface area (Å²) in [5.74, 6) is 0.534. The highest BCUT2D eigenvalue weighted by atomic mass is 16.7. The first kappa shape index (κ1) is 17.7. The van der Waals surface area contributed by atoms with E-state index >= 15 is 0 Å². The van der Waals surface area contributed by atoms with Crippen LogP contribution in [-0.2, 0) is 19.7 Å². The van der Waals surface area contributed by atoms with Gasteiger partial charge in [0, 0.05) is 12.8 Å². The smallest absolute Gasteiger partial charge is 0.321 e. The van der Waals surface area contributed by atoms with Gasteiger partial charge >= 0.3 is 5.97 Å². The second-order valence-corrected chi connectivity index (χ2v) is 9.99. The van der Waals surface area contributed by atoms with Crippen molar-refractivity contribution in [1.82, 2.24) is 0 Å². The molecule has 3 heterocycles. The maximum Gasteiger partial charge on any atom is 0.321 e. The van der Waals surface area contributed by atoms with Gasteiger partial charge in [0.1, 0.15) is 29.7 Å². The first-order valence-corrected chi connectivity index (χ1v) is 10.7. The van der Waals surface area contributed by atoms with E-state index in [1.54, 1.807) is 0 Å². The molecule has 2 bridgehead atoms. The van der Waals surface area contributed by atoms with Gasteiger partial charge in [-0.3, -0.25) is 4.79 Å². The molecule has 150 valence electrons. The Morgan fingerprint density at radius 1 is 1.03 bits per heavy atom. The highest BCUT2D eigenvalue weighted by molar-refractivity contribution is 5.87. The Balaban J connectivity index is 1.29. The molecule has 3 saturated heterocycles. The predicted octanol–water partition coefficient (Wildman–Crippen LogP) is 3.29. The maximum atomic E-state index is 13.7. The Labute approximate surface area is 172 Å². The third-order valence-corrected chi connectivity index (χ3v) is 8.42. The first-order chi connectivity index (χ1) is 13.9. The van der Waals surface area contributed by atoms with Crippen molar-refractivity contribution in [3.8, 4) is 0 Å². The van der Waals surface area contributed by atoms with E-state index in [1.807, 2.05) is 67.6 Å². The predicted molar refractivity (Wildman–Crippen MR) is 109 cm³/mol. The van der Waals surface area contributed by atoms with Crippen LogP contribution in [0.25, 0.3) is 0 Å². The number of nitrogens with zero attached hydrogens (tertiary/aromatic N) is 1. The second-order valence-electron chi connectivity index (χ2n) is 9.99. The van der Waals surface area contributed by atoms with Gasteiger partial charge in [0.05, 0.1) is 20.0 Å². The molecule has 3 unspecified atom stereocenters. The molecule has 6 rings (SSSR count). The molecule has 0 aromatic heterocycles. The van der Waals surface area contributed by atoms with Crippen LogP contribution in [0.4, 0.5) is 0 Å². The van der Waals surface area contributed by atoms with Gasteiger partial charge in [-0.25, -0.2) is 0 Å². The minimum absolute atomic E-state index is 0.0255. The van der Waals surface area contributed by atoms with E-state index in [9.17, 15) is 4.79 Å². The summed E-state index contributed by atoms with van der Waals surface area (Å²) in [6.07, 6.45) is 2.32. The fraction of sp³-hybridized carbons (Fsp3) is 0.480. The molecule has 0 radical (unpaired) electrons. The Morgan fingerprint density at radius 3 is 2.14 bits per heavy atom. The van der Waals surface area contributed by atoms with Gasteiger partial charge in [-0.2, -0.15) is 0 Å². The number of carbonyl (C=O) groups is 1. The molecule has 1 spiro atoms. The number of benzene rings is 2. The van der Waals surface area contributed by atoms with E-state index in [2.05, 4.69) is 14.1 Å². The number of fused-ring (bicyclic) bond motifs is 4. The maximum absolute atomic E-state index is 13.7. The largest absolute Gasteiger partial charge is 0.461 e.